The van der Waals surface area contributed by atoms with Crippen molar-refractivity contribution < 1.29 is 9.90 Å². The lowest BCUT2D eigenvalue weighted by molar-refractivity contribution is -0.143. The Labute approximate surface area is 113 Å². The topological polar surface area (TPSA) is 75.1 Å². The molecule has 1 fully saturated rings. The van der Waals surface area contributed by atoms with Gasteiger partial charge in [-0.3, -0.25) is 0 Å². The Bertz CT molecular complexity index is 442. The Morgan fingerprint density at radius 1 is 1.37 bits per heavy atom. The first kappa shape index (κ1) is 13.8. The summed E-state index contributed by atoms with van der Waals surface area (Å²) in [6.07, 6.45) is 7.74. The first-order chi connectivity index (χ1) is 9.16. The van der Waals surface area contributed by atoms with Gasteiger partial charge in [0.05, 0.1) is 0 Å². The smallest absolute Gasteiger partial charge is 0.329 e. The molecule has 0 unspecified atom stereocenters. The summed E-state index contributed by atoms with van der Waals surface area (Å²) in [7, 11) is 0. The van der Waals surface area contributed by atoms with E-state index < -0.39 is 11.5 Å². The van der Waals surface area contributed by atoms with Gasteiger partial charge in [0, 0.05) is 11.8 Å². The van der Waals surface area contributed by atoms with Crippen LogP contribution in [-0.4, -0.2) is 26.6 Å². The van der Waals surface area contributed by atoms with Crippen molar-refractivity contribution in [2.75, 3.05) is 5.32 Å². The molecule has 1 aliphatic rings. The molecule has 2 rings (SSSR count). The minimum Gasteiger partial charge on any atom is -0.480 e. The lowest BCUT2D eigenvalue weighted by Crippen LogP contribution is -2.48. The molecule has 1 aliphatic carbocycles. The fourth-order valence-electron chi connectivity index (χ4n) is 2.65. The second-order valence-electron chi connectivity index (χ2n) is 5.22. The van der Waals surface area contributed by atoms with Crippen LogP contribution in [0.1, 0.15) is 51.1 Å². The molecule has 5 heteroatoms. The first-order valence-corrected chi connectivity index (χ1v) is 6.99. The predicted octanol–water partition coefficient (Wildman–Crippen LogP) is 2.63. The van der Waals surface area contributed by atoms with Crippen molar-refractivity contribution >= 4 is 11.8 Å². The van der Waals surface area contributed by atoms with Gasteiger partial charge in [-0.2, -0.15) is 0 Å². The van der Waals surface area contributed by atoms with Crippen LogP contribution < -0.4 is 5.32 Å². The van der Waals surface area contributed by atoms with Crippen LogP contribution in [0.25, 0.3) is 0 Å². The summed E-state index contributed by atoms with van der Waals surface area (Å²) in [6.45, 7) is 2.09. The summed E-state index contributed by atoms with van der Waals surface area (Å²) in [6, 6.07) is 1.86. The number of rotatable bonds is 5. The van der Waals surface area contributed by atoms with Crippen LogP contribution in [0.15, 0.2) is 12.4 Å². The molecule has 5 nitrogen and oxygen atoms in total. The molecule has 2 N–H and O–H groups in total. The van der Waals surface area contributed by atoms with Gasteiger partial charge in [0.15, 0.2) is 0 Å². The number of hydrogen-bond donors (Lipinski definition) is 2. The van der Waals surface area contributed by atoms with Gasteiger partial charge < -0.3 is 10.4 Å². The molecular weight excluding hydrogens is 242 g/mol. The third kappa shape index (κ3) is 3.22. The highest BCUT2D eigenvalue weighted by atomic mass is 16.4. The van der Waals surface area contributed by atoms with Crippen LogP contribution >= 0.6 is 0 Å². The maximum atomic E-state index is 11.6. The van der Waals surface area contributed by atoms with Gasteiger partial charge in [-0.25, -0.2) is 14.8 Å². The molecule has 1 aromatic heterocycles. The van der Waals surface area contributed by atoms with Gasteiger partial charge in [-0.1, -0.05) is 32.6 Å². The molecule has 0 saturated heterocycles. The molecule has 104 valence electrons. The van der Waals surface area contributed by atoms with Gasteiger partial charge >= 0.3 is 5.97 Å². The van der Waals surface area contributed by atoms with Crippen LogP contribution in [0.3, 0.4) is 0 Å². The Kier molecular flexibility index (Phi) is 4.35. The predicted molar refractivity (Wildman–Crippen MR) is 73.1 cm³/mol. The van der Waals surface area contributed by atoms with E-state index in [1.165, 1.54) is 6.33 Å². The number of carboxylic acids is 1. The molecule has 1 saturated carbocycles. The number of carboxylic acid groups (broad SMARTS) is 1. The average molecular weight is 263 g/mol. The monoisotopic (exact) mass is 263 g/mol. The lowest BCUT2D eigenvalue weighted by atomic mass is 9.81. The van der Waals surface area contributed by atoms with E-state index in [4.69, 9.17) is 0 Å². The zero-order valence-electron chi connectivity index (χ0n) is 11.4. The number of hydrogen-bond acceptors (Lipinski definition) is 4. The molecule has 1 aromatic rings. The summed E-state index contributed by atoms with van der Waals surface area (Å²) < 4.78 is 0. The van der Waals surface area contributed by atoms with Crippen molar-refractivity contribution in [3.05, 3.63) is 18.1 Å². The Balaban J connectivity index is 2.17. The molecule has 1 heterocycles. The van der Waals surface area contributed by atoms with Crippen LogP contribution in [0, 0.1) is 0 Å². The van der Waals surface area contributed by atoms with E-state index in [1.54, 1.807) is 0 Å². The number of aryl methyl sites for hydroxylation is 1. The van der Waals surface area contributed by atoms with Crippen molar-refractivity contribution in [3.63, 3.8) is 0 Å². The van der Waals surface area contributed by atoms with Gasteiger partial charge in [0.2, 0.25) is 0 Å². The number of aliphatic carboxylic acids is 1. The minimum atomic E-state index is -0.851. The number of carbonyl (C=O) groups is 1. The summed E-state index contributed by atoms with van der Waals surface area (Å²) in [5, 5.41) is 12.7. The molecule has 0 amide bonds. The zero-order chi connectivity index (χ0) is 13.7. The Morgan fingerprint density at radius 2 is 2.11 bits per heavy atom. The third-order valence-corrected chi connectivity index (χ3v) is 3.71. The fourth-order valence-corrected chi connectivity index (χ4v) is 2.65. The standard InChI is InChI=1S/C14H21N3O2/c1-2-6-11-9-12(16-10-15-11)17-14(13(18)19)7-4-3-5-8-14/h9-10H,2-8H2,1H3,(H,18,19)(H,15,16,17). The highest BCUT2D eigenvalue weighted by molar-refractivity contribution is 5.82. The number of aromatic nitrogens is 2. The number of anilines is 1. The highest BCUT2D eigenvalue weighted by Crippen LogP contribution is 2.31. The molecule has 0 radical (unpaired) electrons. The van der Waals surface area contributed by atoms with E-state index in [1.807, 2.05) is 6.07 Å². The normalized spacial score (nSPS) is 17.9. The maximum absolute atomic E-state index is 11.6. The van der Waals surface area contributed by atoms with Crippen LogP contribution in [0.2, 0.25) is 0 Å². The molecule has 0 spiro atoms. The van der Waals surface area contributed by atoms with Crippen molar-refractivity contribution in [2.45, 2.75) is 57.4 Å². The quantitative estimate of drug-likeness (QED) is 0.854. The second kappa shape index (κ2) is 5.99. The van der Waals surface area contributed by atoms with Gasteiger partial charge in [0.1, 0.15) is 17.7 Å². The lowest BCUT2D eigenvalue weighted by Gasteiger charge is -2.34. The van der Waals surface area contributed by atoms with Gasteiger partial charge in [0.25, 0.3) is 0 Å². The minimum absolute atomic E-state index is 0.628. The van der Waals surface area contributed by atoms with E-state index in [-0.39, 0.29) is 0 Å². The molecule has 0 aliphatic heterocycles. The average Bonchev–Trinajstić information content (AvgIpc) is 2.40. The number of nitrogens with one attached hydrogen (secondary N) is 1. The molecule has 0 aromatic carbocycles. The van der Waals surface area contributed by atoms with Gasteiger partial charge in [-0.15, -0.1) is 0 Å². The van der Waals surface area contributed by atoms with Crippen LogP contribution in [0.4, 0.5) is 5.82 Å². The van der Waals surface area contributed by atoms with Crippen molar-refractivity contribution in [1.82, 2.24) is 9.97 Å². The van der Waals surface area contributed by atoms with E-state index in [0.29, 0.717) is 18.7 Å². The van der Waals surface area contributed by atoms with E-state index in [0.717, 1.165) is 37.8 Å². The molecular formula is C14H21N3O2. The van der Waals surface area contributed by atoms with Crippen LogP contribution in [0.5, 0.6) is 0 Å². The maximum Gasteiger partial charge on any atom is 0.329 e. The summed E-state index contributed by atoms with van der Waals surface area (Å²) >= 11 is 0. The van der Waals surface area contributed by atoms with E-state index in [2.05, 4.69) is 22.2 Å². The van der Waals surface area contributed by atoms with Gasteiger partial charge in [-0.05, 0) is 19.3 Å². The number of nitrogens with zero attached hydrogens (tertiary/aromatic N) is 2. The van der Waals surface area contributed by atoms with Crippen molar-refractivity contribution in [3.8, 4) is 0 Å². The highest BCUT2D eigenvalue weighted by Gasteiger charge is 2.39. The first-order valence-electron chi connectivity index (χ1n) is 6.99. The molecule has 0 bridgehead atoms. The third-order valence-electron chi connectivity index (χ3n) is 3.71. The zero-order valence-corrected chi connectivity index (χ0v) is 11.4. The van der Waals surface area contributed by atoms with Crippen molar-refractivity contribution in [2.24, 2.45) is 0 Å². The van der Waals surface area contributed by atoms with E-state index in [9.17, 15) is 9.90 Å². The molecule has 19 heavy (non-hydrogen) atoms. The Morgan fingerprint density at radius 3 is 2.74 bits per heavy atom. The summed E-state index contributed by atoms with van der Waals surface area (Å²) in [4.78, 5) is 19.9. The Hall–Kier alpha value is -1.65. The van der Waals surface area contributed by atoms with E-state index >= 15 is 0 Å². The summed E-state index contributed by atoms with van der Waals surface area (Å²) in [5.41, 5.74) is 0.104. The SMILES string of the molecule is CCCc1cc(NC2(C(=O)O)CCCCC2)ncn1. The fraction of sp³-hybridized carbons (Fsp3) is 0.643. The van der Waals surface area contributed by atoms with Crippen LogP contribution in [-0.2, 0) is 11.2 Å². The second-order valence-corrected chi connectivity index (χ2v) is 5.22. The summed E-state index contributed by atoms with van der Waals surface area (Å²) in [5.74, 6) is -0.148. The van der Waals surface area contributed by atoms with Crippen molar-refractivity contribution in [1.29, 1.82) is 0 Å². The molecule has 0 atom stereocenters. The largest absolute Gasteiger partial charge is 0.480 e.